The van der Waals surface area contributed by atoms with Crippen LogP contribution in [0.5, 0.6) is 0 Å². The third kappa shape index (κ3) is 11.9. The first-order chi connectivity index (χ1) is 8.70. The maximum atomic E-state index is 11.0. The van der Waals surface area contributed by atoms with Gasteiger partial charge in [0.1, 0.15) is 0 Å². The summed E-state index contributed by atoms with van der Waals surface area (Å²) in [6.45, 7) is 5.29. The van der Waals surface area contributed by atoms with E-state index in [-0.39, 0.29) is 12.0 Å². The van der Waals surface area contributed by atoms with E-state index >= 15 is 0 Å². The molecule has 0 aromatic rings. The van der Waals surface area contributed by atoms with E-state index in [4.69, 9.17) is 0 Å². The summed E-state index contributed by atoms with van der Waals surface area (Å²) in [5.41, 5.74) is 0. The number of nitrogens with one attached hydrogen (secondary N) is 1. The highest BCUT2D eigenvalue weighted by molar-refractivity contribution is 5.69. The van der Waals surface area contributed by atoms with E-state index in [0.29, 0.717) is 6.42 Å². The molecule has 3 nitrogen and oxygen atoms in total. The van der Waals surface area contributed by atoms with Gasteiger partial charge in [0.2, 0.25) is 0 Å². The SMILES string of the molecule is CCCCCCCCCCNC(C)CC(=O)OC. The third-order valence-corrected chi connectivity index (χ3v) is 3.22. The van der Waals surface area contributed by atoms with Crippen molar-refractivity contribution in [3.05, 3.63) is 0 Å². The predicted molar refractivity (Wildman–Crippen MR) is 76.7 cm³/mol. The van der Waals surface area contributed by atoms with E-state index in [1.165, 1.54) is 58.5 Å². The van der Waals surface area contributed by atoms with Crippen molar-refractivity contribution in [3.63, 3.8) is 0 Å². The zero-order valence-electron chi connectivity index (χ0n) is 12.5. The predicted octanol–water partition coefficient (Wildman–Crippen LogP) is 3.67. The zero-order chi connectivity index (χ0) is 13.6. The molecule has 3 heteroatoms. The van der Waals surface area contributed by atoms with Crippen molar-refractivity contribution in [1.82, 2.24) is 5.32 Å². The Morgan fingerprint density at radius 1 is 1.06 bits per heavy atom. The van der Waals surface area contributed by atoms with Gasteiger partial charge in [-0.25, -0.2) is 0 Å². The number of rotatable bonds is 12. The quantitative estimate of drug-likeness (QED) is 0.428. The van der Waals surface area contributed by atoms with Crippen molar-refractivity contribution in [2.75, 3.05) is 13.7 Å². The van der Waals surface area contributed by atoms with E-state index < -0.39 is 0 Å². The van der Waals surface area contributed by atoms with Crippen molar-refractivity contribution in [2.24, 2.45) is 0 Å². The highest BCUT2D eigenvalue weighted by Crippen LogP contribution is 2.08. The average molecular weight is 257 g/mol. The Bertz CT molecular complexity index is 195. The fraction of sp³-hybridized carbons (Fsp3) is 0.933. The number of hydrogen-bond donors (Lipinski definition) is 1. The number of carbonyl (C=O) groups excluding carboxylic acids is 1. The number of carbonyl (C=O) groups is 1. The first kappa shape index (κ1) is 17.4. The smallest absolute Gasteiger partial charge is 0.307 e. The number of unbranched alkanes of at least 4 members (excludes halogenated alkanes) is 7. The molecule has 0 aliphatic carbocycles. The molecule has 0 amide bonds. The molecule has 0 bridgehead atoms. The summed E-state index contributed by atoms with van der Waals surface area (Å²) < 4.78 is 4.63. The van der Waals surface area contributed by atoms with Crippen LogP contribution in [0, 0.1) is 0 Å². The molecule has 0 aromatic heterocycles. The van der Waals surface area contributed by atoms with E-state index in [1.54, 1.807) is 0 Å². The number of methoxy groups -OCH3 is 1. The van der Waals surface area contributed by atoms with E-state index in [1.807, 2.05) is 6.92 Å². The Balaban J connectivity index is 3.17. The van der Waals surface area contributed by atoms with Gasteiger partial charge in [-0.05, 0) is 19.9 Å². The molecule has 1 unspecified atom stereocenters. The highest BCUT2D eigenvalue weighted by atomic mass is 16.5. The van der Waals surface area contributed by atoms with Crippen LogP contribution < -0.4 is 5.32 Å². The summed E-state index contributed by atoms with van der Waals surface area (Å²) >= 11 is 0. The summed E-state index contributed by atoms with van der Waals surface area (Å²) in [6.07, 6.45) is 11.2. The molecule has 0 aliphatic heterocycles. The minimum Gasteiger partial charge on any atom is -0.469 e. The van der Waals surface area contributed by atoms with Crippen LogP contribution in [0.3, 0.4) is 0 Å². The fourth-order valence-electron chi connectivity index (χ4n) is 2.01. The molecule has 108 valence electrons. The Morgan fingerprint density at radius 2 is 1.61 bits per heavy atom. The van der Waals surface area contributed by atoms with Crippen molar-refractivity contribution in [2.45, 2.75) is 77.7 Å². The molecule has 0 radical (unpaired) electrons. The van der Waals surface area contributed by atoms with Gasteiger partial charge in [-0.1, -0.05) is 51.9 Å². The summed E-state index contributed by atoms with van der Waals surface area (Å²) in [4.78, 5) is 11.0. The summed E-state index contributed by atoms with van der Waals surface area (Å²) in [7, 11) is 1.44. The lowest BCUT2D eigenvalue weighted by molar-refractivity contribution is -0.141. The number of esters is 1. The zero-order valence-corrected chi connectivity index (χ0v) is 12.5. The number of ether oxygens (including phenoxy) is 1. The maximum Gasteiger partial charge on any atom is 0.307 e. The molecule has 0 heterocycles. The van der Waals surface area contributed by atoms with Crippen LogP contribution in [-0.4, -0.2) is 25.7 Å². The van der Waals surface area contributed by atoms with Crippen molar-refractivity contribution >= 4 is 5.97 Å². The Labute approximate surface area is 113 Å². The van der Waals surface area contributed by atoms with Crippen LogP contribution in [0.15, 0.2) is 0 Å². The van der Waals surface area contributed by atoms with E-state index in [9.17, 15) is 4.79 Å². The Morgan fingerprint density at radius 3 is 2.17 bits per heavy atom. The van der Waals surface area contributed by atoms with Gasteiger partial charge in [-0.2, -0.15) is 0 Å². The normalized spacial score (nSPS) is 12.4. The number of hydrogen-bond acceptors (Lipinski definition) is 3. The Kier molecular flexibility index (Phi) is 12.5. The highest BCUT2D eigenvalue weighted by Gasteiger charge is 2.07. The van der Waals surface area contributed by atoms with Gasteiger partial charge in [-0.15, -0.1) is 0 Å². The first-order valence-corrected chi connectivity index (χ1v) is 7.50. The molecular formula is C15H31NO2. The molecule has 1 N–H and O–H groups in total. The monoisotopic (exact) mass is 257 g/mol. The van der Waals surface area contributed by atoms with Crippen LogP contribution in [0.4, 0.5) is 0 Å². The molecule has 0 aliphatic rings. The van der Waals surface area contributed by atoms with Crippen molar-refractivity contribution in [1.29, 1.82) is 0 Å². The topological polar surface area (TPSA) is 38.3 Å². The van der Waals surface area contributed by atoms with Crippen LogP contribution in [0.1, 0.15) is 71.6 Å². The van der Waals surface area contributed by atoms with Crippen LogP contribution in [0.25, 0.3) is 0 Å². The molecule has 0 saturated carbocycles. The minimum atomic E-state index is -0.133. The van der Waals surface area contributed by atoms with Gasteiger partial charge in [0.15, 0.2) is 0 Å². The van der Waals surface area contributed by atoms with Gasteiger partial charge in [0.05, 0.1) is 13.5 Å². The lowest BCUT2D eigenvalue weighted by atomic mass is 10.1. The largest absolute Gasteiger partial charge is 0.469 e. The minimum absolute atomic E-state index is 0.133. The summed E-state index contributed by atoms with van der Waals surface area (Å²) in [5.74, 6) is -0.133. The van der Waals surface area contributed by atoms with E-state index in [2.05, 4.69) is 17.0 Å². The molecule has 0 fully saturated rings. The van der Waals surface area contributed by atoms with Crippen molar-refractivity contribution < 1.29 is 9.53 Å². The lowest BCUT2D eigenvalue weighted by Gasteiger charge is -2.12. The summed E-state index contributed by atoms with van der Waals surface area (Å²) in [6, 6.07) is 0.224. The molecule has 0 rings (SSSR count). The second-order valence-corrected chi connectivity index (χ2v) is 5.11. The molecule has 0 spiro atoms. The summed E-state index contributed by atoms with van der Waals surface area (Å²) in [5, 5.41) is 3.36. The van der Waals surface area contributed by atoms with Crippen LogP contribution >= 0.6 is 0 Å². The fourth-order valence-corrected chi connectivity index (χ4v) is 2.01. The standard InChI is InChI=1S/C15H31NO2/c1-4-5-6-7-8-9-10-11-12-16-14(2)13-15(17)18-3/h14,16H,4-13H2,1-3H3. The van der Waals surface area contributed by atoms with Crippen molar-refractivity contribution in [3.8, 4) is 0 Å². The molecule has 18 heavy (non-hydrogen) atoms. The van der Waals surface area contributed by atoms with Gasteiger partial charge in [-0.3, -0.25) is 4.79 Å². The maximum absolute atomic E-state index is 11.0. The molecule has 0 aromatic carbocycles. The van der Waals surface area contributed by atoms with Gasteiger partial charge >= 0.3 is 5.97 Å². The molecule has 1 atom stereocenters. The second-order valence-electron chi connectivity index (χ2n) is 5.11. The lowest BCUT2D eigenvalue weighted by Crippen LogP contribution is -2.29. The Hall–Kier alpha value is -0.570. The van der Waals surface area contributed by atoms with Crippen LogP contribution in [-0.2, 0) is 9.53 Å². The average Bonchev–Trinajstić information content (AvgIpc) is 2.36. The second kappa shape index (κ2) is 12.9. The third-order valence-electron chi connectivity index (χ3n) is 3.22. The van der Waals surface area contributed by atoms with Gasteiger partial charge in [0, 0.05) is 6.04 Å². The van der Waals surface area contributed by atoms with Crippen LogP contribution in [0.2, 0.25) is 0 Å². The molecule has 0 saturated heterocycles. The first-order valence-electron chi connectivity index (χ1n) is 7.50. The molecular weight excluding hydrogens is 226 g/mol. The van der Waals surface area contributed by atoms with Gasteiger partial charge in [0.25, 0.3) is 0 Å². The van der Waals surface area contributed by atoms with E-state index in [0.717, 1.165) is 6.54 Å². The van der Waals surface area contributed by atoms with Gasteiger partial charge < -0.3 is 10.1 Å².